The zero-order valence-corrected chi connectivity index (χ0v) is 15.6. The maximum absolute atomic E-state index is 14.2. The Labute approximate surface area is 166 Å². The summed E-state index contributed by atoms with van der Waals surface area (Å²) in [7, 11) is 0. The summed E-state index contributed by atoms with van der Waals surface area (Å²) in [6, 6.07) is 1.74. The monoisotopic (exact) mass is 431 g/mol. The Bertz CT molecular complexity index is 1030. The number of rotatable bonds is 7. The third-order valence-corrected chi connectivity index (χ3v) is 4.01. The molecule has 2 aromatic rings. The molecule has 0 saturated carbocycles. The molecule has 1 amide bonds. The lowest BCUT2D eigenvalue weighted by atomic mass is 10.1. The zero-order chi connectivity index (χ0) is 22.6. The highest BCUT2D eigenvalue weighted by Crippen LogP contribution is 2.30. The second-order valence-corrected chi connectivity index (χ2v) is 6.26. The lowest BCUT2D eigenvalue weighted by Gasteiger charge is -2.14. The first-order valence-electron chi connectivity index (χ1n) is 8.64. The molecule has 1 heterocycles. The number of aryl methyl sites for hydroxylation is 1. The van der Waals surface area contributed by atoms with Gasteiger partial charge in [-0.2, -0.15) is 18.3 Å². The second kappa shape index (κ2) is 8.93. The second-order valence-electron chi connectivity index (χ2n) is 6.26. The highest BCUT2D eigenvalue weighted by atomic mass is 19.4. The average Bonchev–Trinajstić information content (AvgIpc) is 2.64. The number of aromatic nitrogens is 2. The van der Waals surface area contributed by atoms with Crippen LogP contribution in [-0.2, 0) is 23.9 Å². The van der Waals surface area contributed by atoms with E-state index in [0.717, 1.165) is 6.07 Å². The van der Waals surface area contributed by atoms with Gasteiger partial charge < -0.3 is 15.5 Å². The molecule has 162 valence electrons. The zero-order valence-electron chi connectivity index (χ0n) is 15.6. The van der Waals surface area contributed by atoms with Gasteiger partial charge in [0.05, 0.1) is 12.1 Å². The summed E-state index contributed by atoms with van der Waals surface area (Å²) < 4.78 is 52.9. The van der Waals surface area contributed by atoms with Gasteiger partial charge in [-0.3, -0.25) is 14.4 Å². The molecular weight excluding hydrogens is 414 g/mol. The van der Waals surface area contributed by atoms with Crippen molar-refractivity contribution in [3.05, 3.63) is 56.8 Å². The number of aromatic hydroxyl groups is 1. The number of hydrogen-bond acceptors (Lipinski definition) is 5. The highest BCUT2D eigenvalue weighted by molar-refractivity contribution is 5.98. The van der Waals surface area contributed by atoms with Crippen LogP contribution >= 0.6 is 0 Å². The van der Waals surface area contributed by atoms with E-state index in [1.54, 1.807) is 6.92 Å². The summed E-state index contributed by atoms with van der Waals surface area (Å²) >= 11 is 0. The number of amides is 1. The molecule has 0 aliphatic carbocycles. The number of hydrogen-bond donors (Lipinski definition) is 3. The van der Waals surface area contributed by atoms with Crippen molar-refractivity contribution in [3.63, 3.8) is 0 Å². The summed E-state index contributed by atoms with van der Waals surface area (Å²) in [6.07, 6.45) is -4.18. The van der Waals surface area contributed by atoms with Crippen LogP contribution in [0.3, 0.4) is 0 Å². The van der Waals surface area contributed by atoms with Crippen molar-refractivity contribution in [2.45, 2.75) is 32.5 Å². The molecule has 0 saturated heterocycles. The molecular formula is C18H17F4N3O5. The van der Waals surface area contributed by atoms with Crippen molar-refractivity contribution >= 4 is 11.9 Å². The molecule has 1 aromatic carbocycles. The van der Waals surface area contributed by atoms with Crippen LogP contribution in [0.25, 0.3) is 0 Å². The molecule has 2 rings (SSSR count). The Kier molecular flexibility index (Phi) is 6.80. The number of nitrogens with zero attached hydrogens (tertiary/aromatic N) is 2. The van der Waals surface area contributed by atoms with Crippen LogP contribution in [0.15, 0.2) is 23.0 Å². The number of carbonyl (C=O) groups is 2. The molecule has 3 N–H and O–H groups in total. The SMILES string of the molecule is CCCc1nn(Cc2ccc(C(F)(F)F)cc2F)c(=O)c(C(=O)NCC(=O)O)c1O. The van der Waals surface area contributed by atoms with E-state index in [1.165, 1.54) is 0 Å². The van der Waals surface area contributed by atoms with Crippen LogP contribution in [0.4, 0.5) is 17.6 Å². The highest BCUT2D eigenvalue weighted by Gasteiger charge is 2.31. The van der Waals surface area contributed by atoms with Crippen LogP contribution in [0.2, 0.25) is 0 Å². The minimum atomic E-state index is -4.75. The molecule has 0 aliphatic heterocycles. The predicted octanol–water partition coefficient (Wildman–Crippen LogP) is 1.92. The third kappa shape index (κ3) is 5.13. The summed E-state index contributed by atoms with van der Waals surface area (Å²) in [5.74, 6) is -4.55. The van der Waals surface area contributed by atoms with E-state index in [-0.39, 0.29) is 23.7 Å². The normalized spacial score (nSPS) is 11.4. The largest absolute Gasteiger partial charge is 0.505 e. The van der Waals surface area contributed by atoms with E-state index >= 15 is 0 Å². The predicted molar refractivity (Wildman–Crippen MR) is 94.6 cm³/mol. The quantitative estimate of drug-likeness (QED) is 0.576. The van der Waals surface area contributed by atoms with E-state index in [9.17, 15) is 37.1 Å². The summed E-state index contributed by atoms with van der Waals surface area (Å²) in [5, 5.41) is 24.7. The van der Waals surface area contributed by atoms with E-state index < -0.39 is 59.4 Å². The van der Waals surface area contributed by atoms with E-state index in [2.05, 4.69) is 5.10 Å². The van der Waals surface area contributed by atoms with E-state index in [4.69, 9.17) is 5.11 Å². The number of benzene rings is 1. The molecule has 0 fully saturated rings. The minimum Gasteiger partial charge on any atom is -0.505 e. The van der Waals surface area contributed by atoms with Crippen molar-refractivity contribution in [2.24, 2.45) is 0 Å². The van der Waals surface area contributed by atoms with Gasteiger partial charge in [-0.25, -0.2) is 9.07 Å². The van der Waals surface area contributed by atoms with Crippen LogP contribution < -0.4 is 10.9 Å². The molecule has 0 radical (unpaired) electrons. The number of carboxylic acids is 1. The Morgan fingerprint density at radius 3 is 2.47 bits per heavy atom. The summed E-state index contributed by atoms with van der Waals surface area (Å²) in [6.45, 7) is 0.284. The molecule has 0 spiro atoms. The smallest absolute Gasteiger partial charge is 0.416 e. The number of carbonyl (C=O) groups excluding carboxylic acids is 1. The third-order valence-electron chi connectivity index (χ3n) is 4.01. The van der Waals surface area contributed by atoms with Gasteiger partial charge in [0.1, 0.15) is 23.6 Å². The first kappa shape index (κ1) is 22.8. The molecule has 0 unspecified atom stereocenters. The Balaban J connectivity index is 2.51. The summed E-state index contributed by atoms with van der Waals surface area (Å²) in [4.78, 5) is 35.4. The fourth-order valence-electron chi connectivity index (χ4n) is 2.59. The fourth-order valence-corrected chi connectivity index (χ4v) is 2.59. The maximum Gasteiger partial charge on any atom is 0.416 e. The number of nitrogens with one attached hydrogen (secondary N) is 1. The number of halogens is 4. The molecule has 0 bridgehead atoms. The first-order chi connectivity index (χ1) is 14.0. The number of alkyl halides is 3. The molecule has 0 atom stereocenters. The van der Waals surface area contributed by atoms with Crippen LogP contribution in [0.5, 0.6) is 5.75 Å². The first-order valence-corrected chi connectivity index (χ1v) is 8.64. The van der Waals surface area contributed by atoms with Crippen LogP contribution in [0, 0.1) is 5.82 Å². The molecule has 0 aliphatic rings. The Morgan fingerprint density at radius 1 is 1.27 bits per heavy atom. The van der Waals surface area contributed by atoms with Gasteiger partial charge >= 0.3 is 12.1 Å². The van der Waals surface area contributed by atoms with Gasteiger partial charge in [-0.05, 0) is 18.6 Å². The van der Waals surface area contributed by atoms with Crippen molar-refractivity contribution < 1.29 is 37.4 Å². The van der Waals surface area contributed by atoms with Crippen molar-refractivity contribution in [1.82, 2.24) is 15.1 Å². The van der Waals surface area contributed by atoms with E-state index in [0.29, 0.717) is 17.2 Å². The van der Waals surface area contributed by atoms with Crippen molar-refractivity contribution in [2.75, 3.05) is 6.54 Å². The fraction of sp³-hybridized carbons (Fsp3) is 0.333. The van der Waals surface area contributed by atoms with E-state index in [1.807, 2.05) is 5.32 Å². The van der Waals surface area contributed by atoms with Gasteiger partial charge in [-0.1, -0.05) is 19.4 Å². The Hall–Kier alpha value is -3.44. The van der Waals surface area contributed by atoms with Gasteiger partial charge in [0.25, 0.3) is 11.5 Å². The lowest BCUT2D eigenvalue weighted by molar-refractivity contribution is -0.138. The lowest BCUT2D eigenvalue weighted by Crippen LogP contribution is -2.37. The molecule has 12 heteroatoms. The summed E-state index contributed by atoms with van der Waals surface area (Å²) in [5.41, 5.74) is -3.54. The van der Waals surface area contributed by atoms with Crippen LogP contribution in [0.1, 0.15) is 40.5 Å². The van der Waals surface area contributed by atoms with Crippen LogP contribution in [-0.4, -0.2) is 38.4 Å². The molecule has 30 heavy (non-hydrogen) atoms. The molecule has 8 nitrogen and oxygen atoms in total. The molecule has 1 aromatic heterocycles. The Morgan fingerprint density at radius 2 is 1.93 bits per heavy atom. The topological polar surface area (TPSA) is 122 Å². The van der Waals surface area contributed by atoms with Gasteiger partial charge in [0.15, 0.2) is 5.75 Å². The maximum atomic E-state index is 14.2. The van der Waals surface area contributed by atoms with Crippen molar-refractivity contribution in [3.8, 4) is 5.75 Å². The van der Waals surface area contributed by atoms with Gasteiger partial charge in [-0.15, -0.1) is 0 Å². The van der Waals surface area contributed by atoms with Gasteiger partial charge in [0.2, 0.25) is 0 Å². The minimum absolute atomic E-state index is 0.0788. The standard InChI is InChI=1S/C18H17F4N3O5/c1-2-3-12-15(28)14(16(29)23-7-13(26)27)17(30)25(24-12)8-9-4-5-10(6-11(9)19)18(20,21)22/h4-6,28H,2-3,7-8H2,1H3,(H,23,29)(H,26,27). The van der Waals surface area contributed by atoms with Crippen molar-refractivity contribution in [1.29, 1.82) is 0 Å². The van der Waals surface area contributed by atoms with Gasteiger partial charge in [0, 0.05) is 5.56 Å². The number of aliphatic carboxylic acids is 1. The number of carboxylic acid groups (broad SMARTS) is 1. The average molecular weight is 431 g/mol.